The summed E-state index contributed by atoms with van der Waals surface area (Å²) in [7, 11) is 0. The van der Waals surface area contributed by atoms with E-state index in [0.717, 1.165) is 61.6 Å². The van der Waals surface area contributed by atoms with E-state index in [4.69, 9.17) is 4.74 Å². The highest BCUT2D eigenvalue weighted by Gasteiger charge is 2.30. The summed E-state index contributed by atoms with van der Waals surface area (Å²) in [5.41, 5.74) is 2.30. The van der Waals surface area contributed by atoms with Gasteiger partial charge in [0.1, 0.15) is 11.6 Å². The van der Waals surface area contributed by atoms with E-state index < -0.39 is 0 Å². The van der Waals surface area contributed by atoms with Crippen molar-refractivity contribution in [3.05, 3.63) is 53.1 Å². The number of hydrogen-bond acceptors (Lipinski definition) is 5. The van der Waals surface area contributed by atoms with Crippen molar-refractivity contribution >= 4 is 11.8 Å². The van der Waals surface area contributed by atoms with Crippen molar-refractivity contribution in [2.24, 2.45) is 0 Å². The van der Waals surface area contributed by atoms with Gasteiger partial charge < -0.3 is 14.5 Å². The van der Waals surface area contributed by atoms with Gasteiger partial charge in [-0.2, -0.15) is 0 Å². The predicted octanol–water partition coefficient (Wildman–Crippen LogP) is 3.37. The first-order valence-corrected chi connectivity index (χ1v) is 11.7. The maximum atomic E-state index is 12.8. The molecular weight excluding hydrogens is 404 g/mol. The van der Waals surface area contributed by atoms with Crippen LogP contribution in [-0.2, 0) is 11.2 Å². The fourth-order valence-electron chi connectivity index (χ4n) is 4.39. The molecule has 2 fully saturated rings. The minimum atomic E-state index is 0.0286. The average molecular weight is 437 g/mol. The van der Waals surface area contributed by atoms with Crippen molar-refractivity contribution in [1.29, 1.82) is 0 Å². The van der Waals surface area contributed by atoms with E-state index >= 15 is 0 Å². The van der Waals surface area contributed by atoms with Crippen LogP contribution in [0.15, 0.2) is 30.5 Å². The second-order valence-electron chi connectivity index (χ2n) is 8.72. The first-order valence-electron chi connectivity index (χ1n) is 11.7. The number of rotatable bonds is 7. The van der Waals surface area contributed by atoms with E-state index in [1.54, 1.807) is 6.20 Å². The van der Waals surface area contributed by atoms with Crippen molar-refractivity contribution in [3.63, 3.8) is 0 Å². The number of carbonyl (C=O) groups excluding carboxylic acids is 2. The summed E-state index contributed by atoms with van der Waals surface area (Å²) in [4.78, 5) is 38.4. The lowest BCUT2D eigenvalue weighted by molar-refractivity contribution is -0.129. The number of amides is 2. The van der Waals surface area contributed by atoms with Gasteiger partial charge in [-0.25, -0.2) is 9.97 Å². The van der Waals surface area contributed by atoms with Gasteiger partial charge in [0, 0.05) is 38.3 Å². The van der Waals surface area contributed by atoms with Gasteiger partial charge in [0.15, 0.2) is 0 Å². The quantitative estimate of drug-likeness (QED) is 0.665. The predicted molar refractivity (Wildman–Crippen MR) is 122 cm³/mol. The lowest BCUT2D eigenvalue weighted by Crippen LogP contribution is -2.30. The molecule has 0 spiro atoms. The molecule has 4 rings (SSSR count). The van der Waals surface area contributed by atoms with Gasteiger partial charge in [0.05, 0.1) is 24.3 Å². The van der Waals surface area contributed by atoms with Gasteiger partial charge >= 0.3 is 0 Å². The van der Waals surface area contributed by atoms with Crippen LogP contribution in [0.1, 0.15) is 66.0 Å². The number of benzene rings is 1. The van der Waals surface area contributed by atoms with Crippen LogP contribution in [0.2, 0.25) is 0 Å². The third-order valence-electron chi connectivity index (χ3n) is 6.28. The first-order chi connectivity index (χ1) is 15.5. The zero-order valence-electron chi connectivity index (χ0n) is 19.0. The summed E-state index contributed by atoms with van der Waals surface area (Å²) in [5, 5.41) is 0. The van der Waals surface area contributed by atoms with Crippen molar-refractivity contribution in [1.82, 2.24) is 19.8 Å². The Morgan fingerprint density at radius 1 is 1.09 bits per heavy atom. The third-order valence-corrected chi connectivity index (χ3v) is 6.28. The number of ether oxygens (including phenoxy) is 1. The van der Waals surface area contributed by atoms with Gasteiger partial charge in [0.25, 0.3) is 5.91 Å². The van der Waals surface area contributed by atoms with Gasteiger partial charge in [-0.05, 0) is 50.3 Å². The number of aryl methyl sites for hydroxylation is 1. The molecule has 1 atom stereocenters. The van der Waals surface area contributed by atoms with Gasteiger partial charge in [0.2, 0.25) is 5.91 Å². The first kappa shape index (κ1) is 22.2. The van der Waals surface area contributed by atoms with Crippen molar-refractivity contribution in [3.8, 4) is 5.75 Å². The smallest absolute Gasteiger partial charge is 0.257 e. The Morgan fingerprint density at radius 2 is 1.84 bits per heavy atom. The van der Waals surface area contributed by atoms with Gasteiger partial charge in [-0.3, -0.25) is 9.59 Å². The summed E-state index contributed by atoms with van der Waals surface area (Å²) in [5.74, 6) is 1.82. The van der Waals surface area contributed by atoms with E-state index in [1.165, 1.54) is 0 Å². The Labute approximate surface area is 189 Å². The Kier molecular flexibility index (Phi) is 7.02. The molecule has 2 aromatic rings. The van der Waals surface area contributed by atoms with Crippen LogP contribution in [0.3, 0.4) is 0 Å². The van der Waals surface area contributed by atoms with Crippen LogP contribution < -0.4 is 4.74 Å². The molecule has 3 heterocycles. The molecule has 0 radical (unpaired) electrons. The van der Waals surface area contributed by atoms with E-state index in [0.29, 0.717) is 31.7 Å². The van der Waals surface area contributed by atoms with Crippen molar-refractivity contribution in [2.75, 3.05) is 32.8 Å². The fourth-order valence-corrected chi connectivity index (χ4v) is 4.39. The Balaban J connectivity index is 1.34. The number of carbonyl (C=O) groups is 2. The summed E-state index contributed by atoms with van der Waals surface area (Å²) in [6.07, 6.45) is 5.99. The Bertz CT molecular complexity index is 954. The largest absolute Gasteiger partial charge is 0.494 e. The number of likely N-dealkylation sites (tertiary alicyclic amines) is 2. The van der Waals surface area contributed by atoms with Crippen LogP contribution in [0, 0.1) is 6.92 Å². The van der Waals surface area contributed by atoms with E-state index in [9.17, 15) is 9.59 Å². The van der Waals surface area contributed by atoms with Crippen LogP contribution in [0.4, 0.5) is 0 Å². The topological polar surface area (TPSA) is 75.6 Å². The molecule has 0 bridgehead atoms. The second kappa shape index (κ2) is 10.1. The van der Waals surface area contributed by atoms with E-state index in [-0.39, 0.29) is 17.7 Å². The Hall–Kier alpha value is -2.96. The molecule has 7 heteroatoms. The number of hydrogen-bond donors (Lipinski definition) is 0. The zero-order chi connectivity index (χ0) is 22.5. The van der Waals surface area contributed by atoms with E-state index in [2.05, 4.69) is 16.9 Å². The summed E-state index contributed by atoms with van der Waals surface area (Å²) >= 11 is 0. The van der Waals surface area contributed by atoms with Crippen LogP contribution in [0.25, 0.3) is 0 Å². The molecular formula is C25H32N4O3. The minimum absolute atomic E-state index is 0.0286. The standard InChI is InChI=1S/C25H32N4O3/c1-3-14-32-21-8-6-19(7-9-21)15-23(30)29-13-10-20(17-29)24-26-16-22(18(2)27-24)25(31)28-11-4-5-12-28/h6-9,16,20H,3-5,10-15,17H2,1-2H3/t20-/m1/s1. The molecule has 1 aromatic heterocycles. The molecule has 2 saturated heterocycles. The zero-order valence-corrected chi connectivity index (χ0v) is 19.0. The summed E-state index contributed by atoms with van der Waals surface area (Å²) in [6.45, 7) is 7.60. The normalized spacial score (nSPS) is 18.2. The monoisotopic (exact) mass is 436 g/mol. The Morgan fingerprint density at radius 3 is 2.53 bits per heavy atom. The lowest BCUT2D eigenvalue weighted by atomic mass is 10.1. The number of nitrogens with zero attached hydrogens (tertiary/aromatic N) is 4. The SMILES string of the molecule is CCCOc1ccc(CC(=O)N2CC[C@@H](c3ncc(C(=O)N4CCCC4)c(C)n3)C2)cc1. The molecule has 32 heavy (non-hydrogen) atoms. The molecule has 2 amide bonds. The molecule has 2 aliphatic heterocycles. The second-order valence-corrected chi connectivity index (χ2v) is 8.72. The minimum Gasteiger partial charge on any atom is -0.494 e. The van der Waals surface area contributed by atoms with E-state index in [1.807, 2.05) is 41.0 Å². The number of aromatic nitrogens is 2. The highest BCUT2D eigenvalue weighted by atomic mass is 16.5. The van der Waals surface area contributed by atoms with Crippen LogP contribution in [0.5, 0.6) is 5.75 Å². The molecule has 7 nitrogen and oxygen atoms in total. The molecule has 0 saturated carbocycles. The molecule has 0 aliphatic carbocycles. The molecule has 0 N–H and O–H groups in total. The summed E-state index contributed by atoms with van der Waals surface area (Å²) < 4.78 is 5.61. The highest BCUT2D eigenvalue weighted by molar-refractivity contribution is 5.95. The van der Waals surface area contributed by atoms with Crippen molar-refractivity contribution < 1.29 is 14.3 Å². The third kappa shape index (κ3) is 5.09. The molecule has 0 unspecified atom stereocenters. The summed E-state index contributed by atoms with van der Waals surface area (Å²) in [6, 6.07) is 7.76. The van der Waals surface area contributed by atoms with Crippen LogP contribution >= 0.6 is 0 Å². The maximum absolute atomic E-state index is 12.8. The fraction of sp³-hybridized carbons (Fsp3) is 0.520. The molecule has 170 valence electrons. The highest BCUT2D eigenvalue weighted by Crippen LogP contribution is 2.26. The van der Waals surface area contributed by atoms with Gasteiger partial charge in [-0.1, -0.05) is 19.1 Å². The molecule has 2 aliphatic rings. The van der Waals surface area contributed by atoms with Crippen molar-refractivity contribution in [2.45, 2.75) is 51.9 Å². The average Bonchev–Trinajstić information content (AvgIpc) is 3.51. The maximum Gasteiger partial charge on any atom is 0.257 e. The molecule has 1 aromatic carbocycles. The van der Waals surface area contributed by atoms with Crippen LogP contribution in [-0.4, -0.2) is 64.4 Å². The van der Waals surface area contributed by atoms with Gasteiger partial charge in [-0.15, -0.1) is 0 Å². The lowest BCUT2D eigenvalue weighted by Gasteiger charge is -2.18.